The van der Waals surface area contributed by atoms with Crippen molar-refractivity contribution in [3.8, 4) is 0 Å². The summed E-state index contributed by atoms with van der Waals surface area (Å²) in [6.07, 6.45) is 5.76. The van der Waals surface area contributed by atoms with Crippen LogP contribution < -0.4 is 5.32 Å². The van der Waals surface area contributed by atoms with Crippen LogP contribution in [0.5, 0.6) is 0 Å². The smallest absolute Gasteiger partial charge is 0.226 e. The molecule has 0 atom stereocenters. The summed E-state index contributed by atoms with van der Waals surface area (Å²) in [7, 11) is 0. The van der Waals surface area contributed by atoms with Crippen molar-refractivity contribution >= 4 is 5.91 Å². The maximum Gasteiger partial charge on any atom is 0.226 e. The zero-order valence-corrected chi connectivity index (χ0v) is 13.3. The molecule has 0 bridgehead atoms. The first-order chi connectivity index (χ1) is 10.7. The minimum Gasteiger partial charge on any atom is -0.382 e. The van der Waals surface area contributed by atoms with Crippen LogP contribution in [0, 0.1) is 5.41 Å². The number of aromatic nitrogens is 2. The Morgan fingerprint density at radius 2 is 2.41 bits per heavy atom. The third-order valence-corrected chi connectivity index (χ3v) is 4.86. The molecule has 1 aliphatic carbocycles. The molecule has 1 fully saturated rings. The number of rotatable bonds is 7. The van der Waals surface area contributed by atoms with Gasteiger partial charge >= 0.3 is 0 Å². The van der Waals surface area contributed by atoms with E-state index in [1.807, 2.05) is 13.1 Å². The van der Waals surface area contributed by atoms with E-state index in [0.29, 0.717) is 33.0 Å². The second kappa shape index (κ2) is 6.79. The molecule has 0 saturated heterocycles. The van der Waals surface area contributed by atoms with Gasteiger partial charge in [-0.3, -0.25) is 4.79 Å². The normalized spacial score (nSPS) is 19.3. The minimum atomic E-state index is -0.205. The van der Waals surface area contributed by atoms with Gasteiger partial charge in [0.2, 0.25) is 5.91 Å². The fourth-order valence-corrected chi connectivity index (χ4v) is 3.27. The summed E-state index contributed by atoms with van der Waals surface area (Å²) < 4.78 is 13.0. The summed E-state index contributed by atoms with van der Waals surface area (Å²) in [6.45, 7) is 6.00. The first-order valence-corrected chi connectivity index (χ1v) is 8.22. The number of carbonyl (C=O) groups is 1. The number of amides is 1. The van der Waals surface area contributed by atoms with Crippen LogP contribution in [0.15, 0.2) is 6.20 Å². The Labute approximate surface area is 131 Å². The van der Waals surface area contributed by atoms with Crippen LogP contribution in [0.2, 0.25) is 0 Å². The second-order valence-corrected chi connectivity index (χ2v) is 6.13. The van der Waals surface area contributed by atoms with Crippen molar-refractivity contribution in [3.05, 3.63) is 17.7 Å². The van der Waals surface area contributed by atoms with Crippen molar-refractivity contribution in [2.24, 2.45) is 5.41 Å². The van der Waals surface area contributed by atoms with E-state index < -0.39 is 0 Å². The zero-order chi connectivity index (χ0) is 15.4. The molecule has 6 heteroatoms. The molecule has 2 aliphatic rings. The number of carbonyl (C=O) groups excluding carboxylic acids is 1. The molecule has 1 amide bonds. The van der Waals surface area contributed by atoms with E-state index in [1.165, 1.54) is 0 Å². The Bertz CT molecular complexity index is 523. The minimum absolute atomic E-state index is 0.168. The number of hydrogen-bond donors (Lipinski definition) is 1. The molecule has 1 saturated carbocycles. The molecule has 1 aromatic heterocycles. The van der Waals surface area contributed by atoms with E-state index in [1.54, 1.807) is 0 Å². The average Bonchev–Trinajstić information content (AvgIpc) is 2.91. The van der Waals surface area contributed by atoms with Gasteiger partial charge in [-0.1, -0.05) is 6.42 Å². The fourth-order valence-electron chi connectivity index (χ4n) is 3.27. The number of ether oxygens (including phenoxy) is 2. The first kappa shape index (κ1) is 15.5. The largest absolute Gasteiger partial charge is 0.382 e. The molecule has 0 radical (unpaired) electrons. The predicted molar refractivity (Wildman–Crippen MR) is 81.1 cm³/mol. The van der Waals surface area contributed by atoms with E-state index in [-0.39, 0.29) is 11.3 Å². The van der Waals surface area contributed by atoms with Crippen LogP contribution in [0.1, 0.15) is 44.1 Å². The lowest BCUT2D eigenvalue weighted by atomic mass is 9.66. The summed E-state index contributed by atoms with van der Waals surface area (Å²) in [5.41, 5.74) is 0.856. The van der Waals surface area contributed by atoms with Gasteiger partial charge in [-0.15, -0.1) is 0 Å². The first-order valence-electron chi connectivity index (χ1n) is 8.22. The highest BCUT2D eigenvalue weighted by molar-refractivity contribution is 5.83. The Kier molecular flexibility index (Phi) is 4.78. The van der Waals surface area contributed by atoms with Crippen molar-refractivity contribution in [3.63, 3.8) is 0 Å². The highest BCUT2D eigenvalue weighted by Gasteiger charge is 2.43. The predicted octanol–water partition coefficient (Wildman–Crippen LogP) is 1.63. The van der Waals surface area contributed by atoms with Gasteiger partial charge in [-0.25, -0.2) is 4.98 Å². The number of imidazole rings is 1. The van der Waals surface area contributed by atoms with Gasteiger partial charge in [0.05, 0.1) is 30.5 Å². The standard InChI is InChI=1S/C16H25N3O3/c1-2-21-8-6-16(4-3-5-16)15(20)18-11-13-10-17-14-12-22-9-7-19(13)14/h10H,2-9,11-12H2,1H3,(H,18,20). The van der Waals surface area contributed by atoms with Gasteiger partial charge in [0.1, 0.15) is 12.4 Å². The molecule has 6 nitrogen and oxygen atoms in total. The quantitative estimate of drug-likeness (QED) is 0.778. The van der Waals surface area contributed by atoms with E-state index in [0.717, 1.165) is 43.7 Å². The van der Waals surface area contributed by atoms with Gasteiger partial charge in [-0.2, -0.15) is 0 Å². The Morgan fingerprint density at radius 1 is 1.55 bits per heavy atom. The number of nitrogens with one attached hydrogen (secondary N) is 1. The van der Waals surface area contributed by atoms with Crippen LogP contribution in [-0.4, -0.2) is 35.3 Å². The van der Waals surface area contributed by atoms with Crippen molar-refractivity contribution in [1.29, 1.82) is 0 Å². The number of fused-ring (bicyclic) bond motifs is 1. The summed E-state index contributed by atoms with van der Waals surface area (Å²) in [5.74, 6) is 1.12. The molecule has 0 aromatic carbocycles. The van der Waals surface area contributed by atoms with Crippen molar-refractivity contribution < 1.29 is 14.3 Å². The lowest BCUT2D eigenvalue weighted by Gasteiger charge is -2.40. The van der Waals surface area contributed by atoms with E-state index in [4.69, 9.17) is 9.47 Å². The molecule has 0 spiro atoms. The van der Waals surface area contributed by atoms with Crippen LogP contribution in [0.25, 0.3) is 0 Å². The van der Waals surface area contributed by atoms with E-state index in [2.05, 4.69) is 14.9 Å². The molecule has 3 rings (SSSR count). The van der Waals surface area contributed by atoms with Crippen molar-refractivity contribution in [2.45, 2.75) is 52.3 Å². The Balaban J connectivity index is 1.56. The molecule has 22 heavy (non-hydrogen) atoms. The summed E-state index contributed by atoms with van der Waals surface area (Å²) >= 11 is 0. The molecule has 122 valence electrons. The molecule has 2 heterocycles. The molecular weight excluding hydrogens is 282 g/mol. The summed E-state index contributed by atoms with van der Waals surface area (Å²) in [5, 5.41) is 3.11. The monoisotopic (exact) mass is 307 g/mol. The average molecular weight is 307 g/mol. The van der Waals surface area contributed by atoms with Crippen LogP contribution in [0.4, 0.5) is 0 Å². The van der Waals surface area contributed by atoms with Gasteiger partial charge < -0.3 is 19.4 Å². The molecular formula is C16H25N3O3. The maximum atomic E-state index is 12.6. The van der Waals surface area contributed by atoms with Crippen LogP contribution in [0.3, 0.4) is 0 Å². The van der Waals surface area contributed by atoms with Crippen molar-refractivity contribution in [2.75, 3.05) is 19.8 Å². The zero-order valence-electron chi connectivity index (χ0n) is 13.3. The fraction of sp³-hybridized carbons (Fsp3) is 0.750. The van der Waals surface area contributed by atoms with Gasteiger partial charge in [0, 0.05) is 19.8 Å². The topological polar surface area (TPSA) is 65.4 Å². The number of nitrogens with zero attached hydrogens (tertiary/aromatic N) is 2. The third kappa shape index (κ3) is 3.03. The summed E-state index contributed by atoms with van der Waals surface area (Å²) in [6, 6.07) is 0. The Morgan fingerprint density at radius 3 is 3.14 bits per heavy atom. The third-order valence-electron chi connectivity index (χ3n) is 4.86. The van der Waals surface area contributed by atoms with Gasteiger partial charge in [-0.05, 0) is 26.2 Å². The highest BCUT2D eigenvalue weighted by atomic mass is 16.5. The molecule has 1 aromatic rings. The van der Waals surface area contributed by atoms with Gasteiger partial charge in [0.25, 0.3) is 0 Å². The SMILES string of the molecule is CCOCCC1(C(=O)NCc2cnc3n2CCOC3)CCC1. The Hall–Kier alpha value is -1.40. The lowest BCUT2D eigenvalue weighted by molar-refractivity contribution is -0.137. The van der Waals surface area contributed by atoms with Gasteiger partial charge in [0.15, 0.2) is 0 Å². The highest BCUT2D eigenvalue weighted by Crippen LogP contribution is 2.44. The van der Waals surface area contributed by atoms with Crippen LogP contribution in [-0.2, 0) is 34.0 Å². The number of hydrogen-bond acceptors (Lipinski definition) is 4. The van der Waals surface area contributed by atoms with Crippen LogP contribution >= 0.6 is 0 Å². The second-order valence-electron chi connectivity index (χ2n) is 6.13. The van der Waals surface area contributed by atoms with Crippen molar-refractivity contribution in [1.82, 2.24) is 14.9 Å². The van der Waals surface area contributed by atoms with E-state index >= 15 is 0 Å². The lowest BCUT2D eigenvalue weighted by Crippen LogP contribution is -2.46. The molecule has 0 unspecified atom stereocenters. The van der Waals surface area contributed by atoms with E-state index in [9.17, 15) is 4.79 Å². The molecule has 1 aliphatic heterocycles. The molecule has 1 N–H and O–H groups in total. The maximum absolute atomic E-state index is 12.6. The summed E-state index contributed by atoms with van der Waals surface area (Å²) in [4.78, 5) is 16.9.